The molecule has 2 heterocycles. The summed E-state index contributed by atoms with van der Waals surface area (Å²) in [5, 5.41) is 13.4. The Morgan fingerprint density at radius 2 is 1.79 bits per heavy atom. The van der Waals surface area contributed by atoms with Crippen molar-refractivity contribution in [3.63, 3.8) is 0 Å². The Morgan fingerprint density at radius 1 is 1.07 bits per heavy atom. The summed E-state index contributed by atoms with van der Waals surface area (Å²) in [5.74, 6) is -0.974. The number of amides is 1. The molecule has 4 N–H and O–H groups in total. The molecule has 1 amide bonds. The predicted octanol–water partition coefficient (Wildman–Crippen LogP) is 5.11. The Bertz CT molecular complexity index is 1620. The van der Waals surface area contributed by atoms with E-state index in [4.69, 9.17) is 28.9 Å². The first-order valence-electron chi connectivity index (χ1n) is 13.0. The Hall–Kier alpha value is -2.87. The molecule has 3 aromatic carbocycles. The lowest BCUT2D eigenvalue weighted by atomic mass is 9.97. The van der Waals surface area contributed by atoms with Gasteiger partial charge in [0.25, 0.3) is 5.91 Å². The molecule has 2 aliphatic heterocycles. The number of carbonyl (C=O) groups excluding carboxylic acids is 1. The van der Waals surface area contributed by atoms with Gasteiger partial charge in [0.1, 0.15) is 0 Å². The highest BCUT2D eigenvalue weighted by Crippen LogP contribution is 2.43. The number of halogens is 5. The second-order valence-corrected chi connectivity index (χ2v) is 13.0. The number of aliphatic hydroxyl groups is 1. The van der Waals surface area contributed by atoms with Crippen molar-refractivity contribution in [3.8, 4) is 0 Å². The number of fused-ring (bicyclic) bond motifs is 1. The normalized spacial score (nSPS) is 19.9. The molecule has 8 nitrogen and oxygen atoms in total. The van der Waals surface area contributed by atoms with Crippen LogP contribution in [-0.2, 0) is 29.1 Å². The van der Waals surface area contributed by atoms with E-state index in [1.807, 2.05) is 0 Å². The number of rotatable bonds is 6. The van der Waals surface area contributed by atoms with E-state index >= 15 is 0 Å². The SMILES string of the molecule is N[C@@H]1CCCN(Cc2c(C(F)(F)F)cc3c(c2Cl)NC(O)N(Cc2cc(Cl)ccc2S(=O)(=O)c2ccccc2)C3=O)C1. The maximum absolute atomic E-state index is 14.3. The molecule has 0 spiro atoms. The summed E-state index contributed by atoms with van der Waals surface area (Å²) >= 11 is 12.7. The van der Waals surface area contributed by atoms with Crippen molar-refractivity contribution in [2.45, 2.75) is 54.3 Å². The van der Waals surface area contributed by atoms with Gasteiger partial charge in [0, 0.05) is 24.2 Å². The van der Waals surface area contributed by atoms with Crippen LogP contribution in [0.3, 0.4) is 0 Å². The highest BCUT2D eigenvalue weighted by Gasteiger charge is 2.41. The fourth-order valence-electron chi connectivity index (χ4n) is 5.34. The molecule has 2 aliphatic rings. The van der Waals surface area contributed by atoms with Crippen LogP contribution in [0.4, 0.5) is 18.9 Å². The van der Waals surface area contributed by atoms with Crippen molar-refractivity contribution in [1.29, 1.82) is 0 Å². The quantitative estimate of drug-likeness (QED) is 0.342. The fourth-order valence-corrected chi connectivity index (χ4v) is 7.34. The summed E-state index contributed by atoms with van der Waals surface area (Å²) in [4.78, 5) is 16.0. The molecule has 3 aromatic rings. The molecular weight excluding hydrogens is 616 g/mol. The van der Waals surface area contributed by atoms with Crippen LogP contribution < -0.4 is 11.1 Å². The minimum Gasteiger partial charge on any atom is -0.356 e. The Morgan fingerprint density at radius 3 is 2.45 bits per heavy atom. The van der Waals surface area contributed by atoms with Gasteiger partial charge >= 0.3 is 6.18 Å². The van der Waals surface area contributed by atoms with Gasteiger partial charge in [-0.05, 0) is 66.9 Å². The number of sulfone groups is 1. The standard InChI is InChI=1S/C28H27Cl2F3N4O4S/c29-17-8-9-23(42(40,41)19-6-2-1-3-7-19)16(11-17)13-37-26(38)20-12-22(28(31,32)33)21(24(30)25(20)35-27(37)39)15-36-10-4-5-18(34)14-36/h1-3,6-9,11-12,18,27,35,39H,4-5,10,13-15,34H2/t18-,27?/m1/s1. The average Bonchev–Trinajstić information content (AvgIpc) is 2.92. The number of likely N-dealkylation sites (tertiary alicyclic amines) is 1. The summed E-state index contributed by atoms with van der Waals surface area (Å²) in [5.41, 5.74) is 4.21. The number of anilines is 1. The molecule has 14 heteroatoms. The van der Waals surface area contributed by atoms with E-state index in [2.05, 4.69) is 5.32 Å². The third-order valence-electron chi connectivity index (χ3n) is 7.36. The van der Waals surface area contributed by atoms with Gasteiger partial charge in [0.05, 0.1) is 38.2 Å². The fraction of sp³-hybridized carbons (Fsp3) is 0.321. The van der Waals surface area contributed by atoms with E-state index in [1.165, 1.54) is 30.3 Å². The molecule has 42 heavy (non-hydrogen) atoms. The van der Waals surface area contributed by atoms with Gasteiger partial charge in [-0.2, -0.15) is 13.2 Å². The van der Waals surface area contributed by atoms with Crippen molar-refractivity contribution in [2.75, 3.05) is 18.4 Å². The first kappa shape index (κ1) is 30.6. The maximum Gasteiger partial charge on any atom is 0.416 e. The van der Waals surface area contributed by atoms with Crippen LogP contribution in [0.25, 0.3) is 0 Å². The second-order valence-electron chi connectivity index (χ2n) is 10.3. The number of nitrogens with zero attached hydrogens (tertiary/aromatic N) is 2. The predicted molar refractivity (Wildman–Crippen MR) is 152 cm³/mol. The van der Waals surface area contributed by atoms with Gasteiger partial charge in [-0.1, -0.05) is 41.4 Å². The van der Waals surface area contributed by atoms with E-state index in [9.17, 15) is 31.5 Å². The number of alkyl halides is 3. The zero-order chi connectivity index (χ0) is 30.4. The molecule has 1 saturated heterocycles. The van der Waals surface area contributed by atoms with Gasteiger partial charge in [-0.25, -0.2) is 8.42 Å². The van der Waals surface area contributed by atoms with Gasteiger partial charge in [-0.15, -0.1) is 0 Å². The van der Waals surface area contributed by atoms with E-state index in [1.54, 1.807) is 23.1 Å². The lowest BCUT2D eigenvalue weighted by molar-refractivity contribution is -0.138. The minimum atomic E-state index is -4.84. The van der Waals surface area contributed by atoms with Crippen LogP contribution in [-0.4, -0.2) is 54.7 Å². The molecule has 0 aromatic heterocycles. The van der Waals surface area contributed by atoms with E-state index < -0.39 is 45.9 Å². The molecule has 0 bridgehead atoms. The molecule has 1 fully saturated rings. The smallest absolute Gasteiger partial charge is 0.356 e. The third kappa shape index (κ3) is 5.97. The summed E-state index contributed by atoms with van der Waals surface area (Å²) < 4.78 is 69.7. The maximum atomic E-state index is 14.3. The number of nitrogens with two attached hydrogens (primary N) is 1. The van der Waals surface area contributed by atoms with Crippen molar-refractivity contribution in [2.24, 2.45) is 5.73 Å². The number of hydrogen-bond acceptors (Lipinski definition) is 7. The van der Waals surface area contributed by atoms with Crippen molar-refractivity contribution in [1.82, 2.24) is 9.80 Å². The van der Waals surface area contributed by atoms with Gasteiger partial charge < -0.3 is 16.2 Å². The van der Waals surface area contributed by atoms with Gasteiger partial charge in [-0.3, -0.25) is 14.6 Å². The van der Waals surface area contributed by atoms with Crippen molar-refractivity contribution < 1.29 is 31.5 Å². The van der Waals surface area contributed by atoms with E-state index in [0.29, 0.717) is 19.2 Å². The van der Waals surface area contributed by atoms with Crippen LogP contribution in [0.1, 0.15) is 39.9 Å². The summed E-state index contributed by atoms with van der Waals surface area (Å²) in [6.45, 7) is 0.296. The first-order valence-corrected chi connectivity index (χ1v) is 15.3. The van der Waals surface area contributed by atoms with Crippen LogP contribution >= 0.6 is 23.2 Å². The zero-order valence-electron chi connectivity index (χ0n) is 22.0. The number of hydrogen-bond donors (Lipinski definition) is 3. The van der Waals surface area contributed by atoms with Crippen LogP contribution in [0.15, 0.2) is 64.4 Å². The first-order chi connectivity index (χ1) is 19.8. The summed E-state index contributed by atoms with van der Waals surface area (Å²) in [6, 6.07) is 12.1. The molecule has 224 valence electrons. The molecule has 0 aliphatic carbocycles. The summed E-state index contributed by atoms with van der Waals surface area (Å²) in [7, 11) is -4.07. The largest absolute Gasteiger partial charge is 0.416 e. The number of nitrogens with one attached hydrogen (secondary N) is 1. The number of benzene rings is 3. The van der Waals surface area contributed by atoms with E-state index in [0.717, 1.165) is 17.7 Å². The topological polar surface area (TPSA) is 116 Å². The Kier molecular flexibility index (Phi) is 8.49. The minimum absolute atomic E-state index is 0.00801. The monoisotopic (exact) mass is 642 g/mol. The van der Waals surface area contributed by atoms with E-state index in [-0.39, 0.29) is 49.2 Å². The number of aliphatic hydroxyl groups excluding tert-OH is 1. The van der Waals surface area contributed by atoms with Crippen molar-refractivity contribution in [3.05, 3.63) is 86.9 Å². The molecule has 1 unspecified atom stereocenters. The van der Waals surface area contributed by atoms with Gasteiger partial charge in [0.15, 0.2) is 0 Å². The Balaban J connectivity index is 1.53. The molecule has 0 saturated carbocycles. The molecule has 0 radical (unpaired) electrons. The zero-order valence-corrected chi connectivity index (χ0v) is 24.4. The molecule has 2 atom stereocenters. The van der Waals surface area contributed by atoms with Gasteiger partial charge in [0.2, 0.25) is 16.2 Å². The lowest BCUT2D eigenvalue weighted by Crippen LogP contribution is -2.48. The van der Waals surface area contributed by atoms with Crippen LogP contribution in [0.2, 0.25) is 10.0 Å². The van der Waals surface area contributed by atoms with Crippen LogP contribution in [0, 0.1) is 0 Å². The number of carbonyl (C=O) groups is 1. The summed E-state index contributed by atoms with van der Waals surface area (Å²) in [6.07, 6.45) is -5.08. The third-order valence-corrected chi connectivity index (χ3v) is 9.89. The lowest BCUT2D eigenvalue weighted by Gasteiger charge is -2.37. The Labute approximate surface area is 250 Å². The highest BCUT2D eigenvalue weighted by atomic mass is 35.5. The molecular formula is C28H27Cl2F3N4O4S. The average molecular weight is 644 g/mol. The van der Waals surface area contributed by atoms with Crippen molar-refractivity contribution >= 4 is 44.6 Å². The number of piperidine rings is 1. The molecule has 5 rings (SSSR count). The second kappa shape index (κ2) is 11.7. The highest BCUT2D eigenvalue weighted by molar-refractivity contribution is 7.91. The van der Waals surface area contributed by atoms with Crippen LogP contribution in [0.5, 0.6) is 0 Å².